The van der Waals surface area contributed by atoms with Gasteiger partial charge >= 0.3 is 0 Å². The van der Waals surface area contributed by atoms with Gasteiger partial charge in [-0.15, -0.1) is 11.3 Å². The van der Waals surface area contributed by atoms with E-state index in [9.17, 15) is 4.79 Å². The van der Waals surface area contributed by atoms with Gasteiger partial charge in [0.05, 0.1) is 5.69 Å². The molecule has 0 spiro atoms. The molecule has 0 saturated carbocycles. The molecule has 5 heteroatoms. The summed E-state index contributed by atoms with van der Waals surface area (Å²) in [6, 6.07) is 10.4. The van der Waals surface area contributed by atoms with Gasteiger partial charge < -0.3 is 5.32 Å². The highest BCUT2D eigenvalue weighted by Gasteiger charge is 2.14. The van der Waals surface area contributed by atoms with E-state index in [4.69, 9.17) is 0 Å². The quantitative estimate of drug-likeness (QED) is 0.898. The number of thiazole rings is 1. The van der Waals surface area contributed by atoms with E-state index in [0.717, 1.165) is 31.7 Å². The van der Waals surface area contributed by atoms with Crippen molar-refractivity contribution in [2.24, 2.45) is 0 Å². The Balaban J connectivity index is 1.53. The molecule has 1 amide bonds. The Morgan fingerprint density at radius 1 is 1.38 bits per heavy atom. The highest BCUT2D eigenvalue weighted by atomic mass is 32.1. The minimum absolute atomic E-state index is 0.0788. The van der Waals surface area contributed by atoms with Crippen LogP contribution >= 0.6 is 11.3 Å². The summed E-state index contributed by atoms with van der Waals surface area (Å²) in [7, 11) is 0. The van der Waals surface area contributed by atoms with Crippen LogP contribution in [-0.4, -0.2) is 35.4 Å². The summed E-state index contributed by atoms with van der Waals surface area (Å²) in [5.41, 5.74) is 3.49. The lowest BCUT2D eigenvalue weighted by atomic mass is 10.1. The average Bonchev–Trinajstić information content (AvgIpc) is 3.04. The molecule has 2 heterocycles. The van der Waals surface area contributed by atoms with E-state index < -0.39 is 0 Å². The molecule has 0 radical (unpaired) electrons. The van der Waals surface area contributed by atoms with Crippen molar-refractivity contribution in [2.75, 3.05) is 25.0 Å². The Morgan fingerprint density at radius 3 is 2.92 bits per heavy atom. The normalized spacial score (nSPS) is 15.5. The second-order valence-corrected chi connectivity index (χ2v) is 6.63. The monoisotopic (exact) mass is 339 g/mol. The standard InChI is InChI=1S/C19H21N3OS/c1-15(23)20-19-21-18(14-24-19)17-9-12-22(13-10-17)11-5-8-16-6-3-2-4-7-16/h2-9,14H,10-13H2,1H3,(H,20,21,23)/b8-5+. The van der Waals surface area contributed by atoms with Crippen molar-refractivity contribution in [1.29, 1.82) is 0 Å². The maximum Gasteiger partial charge on any atom is 0.223 e. The van der Waals surface area contributed by atoms with Gasteiger partial charge in [0.25, 0.3) is 0 Å². The molecule has 0 fully saturated rings. The number of amides is 1. The summed E-state index contributed by atoms with van der Waals surface area (Å²) in [5, 5.41) is 5.43. The van der Waals surface area contributed by atoms with Gasteiger partial charge in [-0.2, -0.15) is 0 Å². The molecule has 0 aliphatic carbocycles. The number of aromatic nitrogens is 1. The van der Waals surface area contributed by atoms with E-state index in [1.54, 1.807) is 0 Å². The van der Waals surface area contributed by atoms with E-state index in [1.807, 2.05) is 11.4 Å². The predicted molar refractivity (Wildman–Crippen MR) is 101 cm³/mol. The van der Waals surface area contributed by atoms with Crippen LogP contribution in [0.2, 0.25) is 0 Å². The second kappa shape index (κ2) is 8.04. The summed E-state index contributed by atoms with van der Waals surface area (Å²) in [6.45, 7) is 4.41. The van der Waals surface area contributed by atoms with Crippen molar-refractivity contribution >= 4 is 34.0 Å². The Labute approximate surface area is 146 Å². The number of nitrogens with zero attached hydrogens (tertiary/aromatic N) is 2. The van der Waals surface area contributed by atoms with Crippen LogP contribution in [0.4, 0.5) is 5.13 Å². The van der Waals surface area contributed by atoms with Gasteiger partial charge in [0.2, 0.25) is 5.91 Å². The summed E-state index contributed by atoms with van der Waals surface area (Å²) < 4.78 is 0. The third-order valence-corrected chi connectivity index (χ3v) is 4.64. The topological polar surface area (TPSA) is 45.2 Å². The maximum atomic E-state index is 11.1. The van der Waals surface area contributed by atoms with Gasteiger partial charge in [-0.3, -0.25) is 9.69 Å². The number of carbonyl (C=O) groups excluding carboxylic acids is 1. The Bertz CT molecular complexity index is 749. The van der Waals surface area contributed by atoms with Crippen LogP contribution in [0.25, 0.3) is 11.6 Å². The number of anilines is 1. The number of carbonyl (C=O) groups is 1. The molecular weight excluding hydrogens is 318 g/mol. The molecular formula is C19H21N3OS. The van der Waals surface area contributed by atoms with E-state index in [0.29, 0.717) is 5.13 Å². The molecule has 4 nitrogen and oxygen atoms in total. The summed E-state index contributed by atoms with van der Waals surface area (Å²) in [6.07, 6.45) is 7.61. The van der Waals surface area contributed by atoms with Gasteiger partial charge in [0.15, 0.2) is 5.13 Å². The van der Waals surface area contributed by atoms with Crippen LogP contribution < -0.4 is 5.32 Å². The van der Waals surface area contributed by atoms with E-state index in [1.165, 1.54) is 29.4 Å². The molecule has 0 unspecified atom stereocenters. The Morgan fingerprint density at radius 2 is 2.21 bits per heavy atom. The van der Waals surface area contributed by atoms with Crippen LogP contribution in [0.15, 0.2) is 47.9 Å². The summed E-state index contributed by atoms with van der Waals surface area (Å²) >= 11 is 1.48. The van der Waals surface area contributed by atoms with Crippen LogP contribution in [0.1, 0.15) is 24.6 Å². The number of hydrogen-bond donors (Lipinski definition) is 1. The van der Waals surface area contributed by atoms with Gasteiger partial charge in [-0.25, -0.2) is 4.98 Å². The van der Waals surface area contributed by atoms with Crippen molar-refractivity contribution in [2.45, 2.75) is 13.3 Å². The van der Waals surface area contributed by atoms with Crippen molar-refractivity contribution in [3.8, 4) is 0 Å². The van der Waals surface area contributed by atoms with E-state index in [-0.39, 0.29) is 5.91 Å². The number of benzene rings is 1. The molecule has 0 atom stereocenters. The van der Waals surface area contributed by atoms with Crippen molar-refractivity contribution in [1.82, 2.24) is 9.88 Å². The van der Waals surface area contributed by atoms with Crippen LogP contribution in [0, 0.1) is 0 Å². The highest BCUT2D eigenvalue weighted by molar-refractivity contribution is 7.14. The predicted octanol–water partition coefficient (Wildman–Crippen LogP) is 3.90. The Kier molecular flexibility index (Phi) is 5.56. The fourth-order valence-electron chi connectivity index (χ4n) is 2.64. The van der Waals surface area contributed by atoms with E-state index >= 15 is 0 Å². The number of hydrogen-bond acceptors (Lipinski definition) is 4. The maximum absolute atomic E-state index is 11.1. The van der Waals surface area contributed by atoms with Gasteiger partial charge in [0.1, 0.15) is 0 Å². The fraction of sp³-hybridized carbons (Fsp3) is 0.263. The summed E-state index contributed by atoms with van der Waals surface area (Å²) in [4.78, 5) is 18.0. The van der Waals surface area contributed by atoms with Crippen LogP contribution in [-0.2, 0) is 4.79 Å². The molecule has 1 aliphatic heterocycles. The van der Waals surface area contributed by atoms with Gasteiger partial charge in [-0.1, -0.05) is 48.6 Å². The fourth-order valence-corrected chi connectivity index (χ4v) is 3.42. The molecule has 124 valence electrons. The van der Waals surface area contributed by atoms with Crippen molar-refractivity contribution in [3.05, 3.63) is 59.1 Å². The molecule has 1 aliphatic rings. The van der Waals surface area contributed by atoms with Crippen LogP contribution in [0.5, 0.6) is 0 Å². The lowest BCUT2D eigenvalue weighted by Gasteiger charge is -2.24. The smallest absolute Gasteiger partial charge is 0.223 e. The zero-order valence-corrected chi connectivity index (χ0v) is 14.6. The van der Waals surface area contributed by atoms with Crippen molar-refractivity contribution in [3.63, 3.8) is 0 Å². The third kappa shape index (κ3) is 4.63. The van der Waals surface area contributed by atoms with E-state index in [2.05, 4.69) is 57.7 Å². The zero-order valence-electron chi connectivity index (χ0n) is 13.7. The molecule has 24 heavy (non-hydrogen) atoms. The van der Waals surface area contributed by atoms with Gasteiger partial charge in [0, 0.05) is 31.9 Å². The molecule has 1 aromatic heterocycles. The summed E-state index contributed by atoms with van der Waals surface area (Å²) in [5.74, 6) is -0.0788. The minimum Gasteiger partial charge on any atom is -0.302 e. The number of nitrogens with one attached hydrogen (secondary N) is 1. The largest absolute Gasteiger partial charge is 0.302 e. The van der Waals surface area contributed by atoms with Crippen molar-refractivity contribution < 1.29 is 4.79 Å². The molecule has 0 saturated heterocycles. The first kappa shape index (κ1) is 16.6. The SMILES string of the molecule is CC(=O)Nc1nc(C2=CCN(C/C=C/c3ccccc3)CC2)cs1. The first-order chi connectivity index (χ1) is 11.7. The minimum atomic E-state index is -0.0788. The zero-order chi connectivity index (χ0) is 16.8. The molecule has 2 aromatic rings. The molecule has 1 N–H and O–H groups in total. The average molecular weight is 339 g/mol. The van der Waals surface area contributed by atoms with Gasteiger partial charge in [-0.05, 0) is 17.6 Å². The first-order valence-corrected chi connectivity index (χ1v) is 8.95. The highest BCUT2D eigenvalue weighted by Crippen LogP contribution is 2.26. The lowest BCUT2D eigenvalue weighted by molar-refractivity contribution is -0.114. The molecule has 3 rings (SSSR count). The molecule has 1 aromatic carbocycles. The first-order valence-electron chi connectivity index (χ1n) is 8.07. The Hall–Kier alpha value is -2.24. The second-order valence-electron chi connectivity index (χ2n) is 5.77. The lowest BCUT2D eigenvalue weighted by Crippen LogP contribution is -2.28. The third-order valence-electron chi connectivity index (χ3n) is 3.88. The molecule has 0 bridgehead atoms. The number of rotatable bonds is 5. The van der Waals surface area contributed by atoms with Crippen LogP contribution in [0.3, 0.4) is 0 Å².